The van der Waals surface area contributed by atoms with Crippen LogP contribution in [0.2, 0.25) is 0 Å². The van der Waals surface area contributed by atoms with Gasteiger partial charge in [0, 0.05) is 0 Å². The van der Waals surface area contributed by atoms with Crippen molar-refractivity contribution in [3.05, 3.63) is 41.1 Å². The van der Waals surface area contributed by atoms with Crippen molar-refractivity contribution in [3.8, 4) is 0 Å². The van der Waals surface area contributed by atoms with Crippen molar-refractivity contribution >= 4 is 0 Å². The molecule has 0 saturated heterocycles. The fraction of sp³-hybridized carbons (Fsp3) is 0.400. The number of hydrazine groups is 1. The third-order valence-corrected chi connectivity index (χ3v) is 2.08. The fourth-order valence-electron chi connectivity index (χ4n) is 1.26. The minimum Gasteiger partial charge on any atom is -0.569 e. The summed E-state index contributed by atoms with van der Waals surface area (Å²) in [5.74, 6) is 0. The van der Waals surface area contributed by atoms with Crippen molar-refractivity contribution in [3.63, 3.8) is 0 Å². The topological polar surface area (TPSA) is 61.9 Å². The Bertz CT molecular complexity index is 325. The molecule has 0 radical (unpaired) electrons. The van der Waals surface area contributed by atoms with Gasteiger partial charge in [-0.25, -0.2) is 0 Å². The molecule has 1 N–H and O–H groups in total. The normalized spacial score (nSPS) is 11.8. The van der Waals surface area contributed by atoms with Gasteiger partial charge >= 0.3 is 0 Å². The molecule has 0 atom stereocenters. The molecule has 5 nitrogen and oxygen atoms in total. The Morgan fingerprint density at radius 1 is 1.40 bits per heavy atom. The van der Waals surface area contributed by atoms with Crippen LogP contribution >= 0.6 is 0 Å². The molecule has 0 aromatic heterocycles. The standard InChI is InChI=1S/C10H15N3O2/c1-9(2)12(13(15)11-14)8-10-6-4-3-5-7-10/h3-7,9,14H,8H2,1-2H3/b13-11+. The number of hydrogen-bond donors (Lipinski definition) is 1. The van der Waals surface area contributed by atoms with Crippen LogP contribution in [0.3, 0.4) is 0 Å². The number of nitrogens with zero attached hydrogens (tertiary/aromatic N) is 3. The zero-order valence-corrected chi connectivity index (χ0v) is 8.87. The molecule has 0 unspecified atom stereocenters. The zero-order valence-electron chi connectivity index (χ0n) is 8.87. The molecular weight excluding hydrogens is 194 g/mol. The molecule has 1 rings (SSSR count). The zero-order chi connectivity index (χ0) is 11.3. The smallest absolute Gasteiger partial charge is 0.230 e. The highest BCUT2D eigenvalue weighted by atomic mass is 16.6. The quantitative estimate of drug-likeness (QED) is 0.469. The van der Waals surface area contributed by atoms with Crippen molar-refractivity contribution in [1.29, 1.82) is 0 Å². The van der Waals surface area contributed by atoms with E-state index in [1.54, 1.807) is 0 Å². The fourth-order valence-corrected chi connectivity index (χ4v) is 1.26. The Hall–Kier alpha value is -1.78. The molecule has 1 aromatic rings. The van der Waals surface area contributed by atoms with E-state index in [1.165, 1.54) is 5.01 Å². The van der Waals surface area contributed by atoms with Gasteiger partial charge in [-0.3, -0.25) is 0 Å². The summed E-state index contributed by atoms with van der Waals surface area (Å²) in [5.41, 5.74) is 0.996. The maximum absolute atomic E-state index is 11.2. The van der Waals surface area contributed by atoms with E-state index >= 15 is 0 Å². The molecule has 1 aromatic carbocycles. The van der Waals surface area contributed by atoms with Crippen LogP contribution in [0, 0.1) is 5.21 Å². The Labute approximate surface area is 88.8 Å². The highest BCUT2D eigenvalue weighted by Crippen LogP contribution is 2.08. The van der Waals surface area contributed by atoms with Crippen LogP contribution in [0.4, 0.5) is 0 Å². The summed E-state index contributed by atoms with van der Waals surface area (Å²) >= 11 is 0. The summed E-state index contributed by atoms with van der Waals surface area (Å²) in [4.78, 5) is 0.206. The van der Waals surface area contributed by atoms with Gasteiger partial charge in [-0.15, -0.1) is 5.01 Å². The predicted octanol–water partition coefficient (Wildman–Crippen LogP) is 2.16. The average molecular weight is 209 g/mol. The maximum Gasteiger partial charge on any atom is 0.230 e. The van der Waals surface area contributed by atoms with Crippen LogP contribution < -0.4 is 0 Å². The summed E-state index contributed by atoms with van der Waals surface area (Å²) in [6, 6.07) is 9.52. The van der Waals surface area contributed by atoms with E-state index in [0.29, 0.717) is 6.54 Å². The number of hydrogen-bond acceptors (Lipinski definition) is 2. The summed E-state index contributed by atoms with van der Waals surface area (Å²) < 4.78 is 0. The molecule has 15 heavy (non-hydrogen) atoms. The monoisotopic (exact) mass is 209 g/mol. The van der Waals surface area contributed by atoms with Gasteiger partial charge in [-0.2, -0.15) is 0 Å². The largest absolute Gasteiger partial charge is 0.569 e. The van der Waals surface area contributed by atoms with Gasteiger partial charge in [-0.05, 0) is 19.4 Å². The predicted molar refractivity (Wildman–Crippen MR) is 55.0 cm³/mol. The molecular formula is C10H15N3O2. The lowest BCUT2D eigenvalue weighted by Crippen LogP contribution is -2.36. The highest BCUT2D eigenvalue weighted by molar-refractivity contribution is 5.14. The van der Waals surface area contributed by atoms with Crippen molar-refractivity contribution in [1.82, 2.24) is 5.01 Å². The Morgan fingerprint density at radius 2 is 2.00 bits per heavy atom. The van der Waals surface area contributed by atoms with E-state index in [9.17, 15) is 5.21 Å². The van der Waals surface area contributed by atoms with Gasteiger partial charge < -0.3 is 10.4 Å². The average Bonchev–Trinajstić information content (AvgIpc) is 2.26. The summed E-state index contributed by atoms with van der Waals surface area (Å²) in [7, 11) is 0. The lowest BCUT2D eigenvalue weighted by atomic mass is 10.2. The first-order chi connectivity index (χ1) is 7.15. The van der Waals surface area contributed by atoms with E-state index < -0.39 is 0 Å². The Kier molecular flexibility index (Phi) is 3.91. The van der Waals surface area contributed by atoms with Crippen LogP contribution in [0.15, 0.2) is 35.6 Å². The van der Waals surface area contributed by atoms with Crippen molar-refractivity contribution < 1.29 is 10.2 Å². The molecule has 0 heterocycles. The summed E-state index contributed by atoms with van der Waals surface area (Å²) in [6.45, 7) is 4.14. The van der Waals surface area contributed by atoms with Gasteiger partial charge in [0.15, 0.2) is 0 Å². The Morgan fingerprint density at radius 3 is 2.47 bits per heavy atom. The first-order valence-corrected chi connectivity index (χ1v) is 4.78. The molecule has 82 valence electrons. The van der Waals surface area contributed by atoms with Gasteiger partial charge in [0.2, 0.25) is 5.28 Å². The van der Waals surface area contributed by atoms with Crippen LogP contribution in [-0.4, -0.2) is 21.2 Å². The first kappa shape index (κ1) is 11.3. The molecule has 0 fully saturated rings. The van der Waals surface area contributed by atoms with Gasteiger partial charge in [0.25, 0.3) is 0 Å². The van der Waals surface area contributed by atoms with Crippen molar-refractivity contribution in [2.75, 3.05) is 0 Å². The van der Waals surface area contributed by atoms with Gasteiger partial charge in [-0.1, -0.05) is 30.3 Å². The second-order valence-electron chi connectivity index (χ2n) is 3.52. The molecule has 0 amide bonds. The van der Waals surface area contributed by atoms with Crippen molar-refractivity contribution in [2.24, 2.45) is 5.28 Å². The third-order valence-electron chi connectivity index (χ3n) is 2.08. The van der Waals surface area contributed by atoms with E-state index in [2.05, 4.69) is 5.28 Å². The number of benzene rings is 1. The summed E-state index contributed by atoms with van der Waals surface area (Å²) in [5, 5.41) is 23.6. The number of rotatable bonds is 4. The second kappa shape index (κ2) is 5.19. The van der Waals surface area contributed by atoms with Crippen LogP contribution in [0.1, 0.15) is 19.4 Å². The summed E-state index contributed by atoms with van der Waals surface area (Å²) in [6.07, 6.45) is 0. The first-order valence-electron chi connectivity index (χ1n) is 4.78. The van der Waals surface area contributed by atoms with Crippen LogP contribution in [0.25, 0.3) is 0 Å². The molecule has 0 aliphatic rings. The lowest BCUT2D eigenvalue weighted by molar-refractivity contribution is -0.719. The van der Waals surface area contributed by atoms with E-state index in [-0.39, 0.29) is 11.0 Å². The molecule has 5 heteroatoms. The molecule has 0 aliphatic carbocycles. The third kappa shape index (κ3) is 3.12. The van der Waals surface area contributed by atoms with E-state index in [0.717, 1.165) is 5.56 Å². The maximum atomic E-state index is 11.2. The Balaban J connectivity index is 2.76. The van der Waals surface area contributed by atoms with Gasteiger partial charge in [0.05, 0.1) is 11.0 Å². The SMILES string of the molecule is CC(C)N(Cc1ccccc1)/[N+]([O-])=N\O. The lowest BCUT2D eigenvalue weighted by Gasteiger charge is -2.21. The van der Waals surface area contributed by atoms with Crippen LogP contribution in [0.5, 0.6) is 0 Å². The van der Waals surface area contributed by atoms with E-state index in [4.69, 9.17) is 5.21 Å². The highest BCUT2D eigenvalue weighted by Gasteiger charge is 2.17. The van der Waals surface area contributed by atoms with Crippen molar-refractivity contribution in [2.45, 2.75) is 26.4 Å². The van der Waals surface area contributed by atoms with Crippen LogP contribution in [-0.2, 0) is 6.54 Å². The minimum atomic E-state index is -0.0291. The van der Waals surface area contributed by atoms with E-state index in [1.807, 2.05) is 44.2 Å². The molecule has 0 saturated carbocycles. The molecule has 0 spiro atoms. The molecule has 0 aliphatic heterocycles. The minimum absolute atomic E-state index is 0.0291. The molecule has 0 bridgehead atoms. The second-order valence-corrected chi connectivity index (χ2v) is 3.52. The van der Waals surface area contributed by atoms with Gasteiger partial charge in [0.1, 0.15) is 6.54 Å².